The molecule has 0 fully saturated rings. The number of ether oxygens (including phenoxy) is 2. The number of hydrogen-bond acceptors (Lipinski definition) is 4. The predicted molar refractivity (Wildman–Crippen MR) is 67.7 cm³/mol. The van der Waals surface area contributed by atoms with Gasteiger partial charge in [0.25, 0.3) is 0 Å². The molecule has 0 saturated heterocycles. The van der Waals surface area contributed by atoms with E-state index >= 15 is 0 Å². The molecule has 0 unspecified atom stereocenters. The van der Waals surface area contributed by atoms with Crippen molar-refractivity contribution in [2.24, 2.45) is 0 Å². The molecule has 1 rings (SSSR count). The summed E-state index contributed by atoms with van der Waals surface area (Å²) < 4.78 is 9.72. The maximum atomic E-state index is 11.8. The van der Waals surface area contributed by atoms with Crippen LogP contribution in [0, 0.1) is 0 Å². The summed E-state index contributed by atoms with van der Waals surface area (Å²) in [4.78, 5) is 23.2. The van der Waals surface area contributed by atoms with Crippen LogP contribution in [-0.4, -0.2) is 25.2 Å². The van der Waals surface area contributed by atoms with Crippen LogP contribution in [0.25, 0.3) is 5.57 Å². The largest absolute Gasteiger partial charge is 0.463 e. The minimum atomic E-state index is -0.551. The van der Waals surface area contributed by atoms with Crippen molar-refractivity contribution >= 4 is 17.5 Å². The first-order valence-electron chi connectivity index (χ1n) is 5.80. The van der Waals surface area contributed by atoms with E-state index in [9.17, 15) is 9.59 Å². The first-order chi connectivity index (χ1) is 8.69. The lowest BCUT2D eigenvalue weighted by Crippen LogP contribution is -2.10. The van der Waals surface area contributed by atoms with Gasteiger partial charge in [0.15, 0.2) is 0 Å². The summed E-state index contributed by atoms with van der Waals surface area (Å²) in [5.74, 6) is -1.08. The van der Waals surface area contributed by atoms with Gasteiger partial charge in [-0.15, -0.1) is 0 Å². The van der Waals surface area contributed by atoms with Gasteiger partial charge >= 0.3 is 11.9 Å². The molecule has 0 saturated carbocycles. The molecule has 0 amide bonds. The summed E-state index contributed by atoms with van der Waals surface area (Å²) in [5.41, 5.74) is 0.833. The highest BCUT2D eigenvalue weighted by Crippen LogP contribution is 2.16. The van der Waals surface area contributed by atoms with Crippen LogP contribution in [-0.2, 0) is 19.1 Å². The lowest BCUT2D eigenvalue weighted by molar-refractivity contribution is -0.139. The van der Waals surface area contributed by atoms with E-state index in [4.69, 9.17) is 9.47 Å². The molecule has 18 heavy (non-hydrogen) atoms. The number of hydrogen-bond donors (Lipinski definition) is 0. The van der Waals surface area contributed by atoms with Crippen molar-refractivity contribution in [3.05, 3.63) is 42.0 Å². The first kappa shape index (κ1) is 14.0. The number of rotatable bonds is 5. The minimum Gasteiger partial charge on any atom is -0.463 e. The smallest absolute Gasteiger partial charge is 0.338 e. The van der Waals surface area contributed by atoms with Crippen molar-refractivity contribution in [2.45, 2.75) is 13.8 Å². The molecule has 0 spiro atoms. The van der Waals surface area contributed by atoms with Crippen molar-refractivity contribution in [3.63, 3.8) is 0 Å². The summed E-state index contributed by atoms with van der Waals surface area (Å²) in [6.45, 7) is 3.94. The molecule has 4 nitrogen and oxygen atoms in total. The van der Waals surface area contributed by atoms with Crippen LogP contribution >= 0.6 is 0 Å². The van der Waals surface area contributed by atoms with Crippen LogP contribution < -0.4 is 0 Å². The van der Waals surface area contributed by atoms with E-state index in [1.165, 1.54) is 0 Å². The number of benzene rings is 1. The van der Waals surface area contributed by atoms with Gasteiger partial charge in [0, 0.05) is 6.08 Å². The van der Waals surface area contributed by atoms with Gasteiger partial charge in [-0.1, -0.05) is 30.3 Å². The summed E-state index contributed by atoms with van der Waals surface area (Å²) in [6.07, 6.45) is 1.16. The van der Waals surface area contributed by atoms with Crippen LogP contribution in [0.15, 0.2) is 36.4 Å². The lowest BCUT2D eigenvalue weighted by atomic mass is 10.1. The molecule has 1 aromatic rings. The van der Waals surface area contributed by atoms with Crippen LogP contribution in [0.5, 0.6) is 0 Å². The molecule has 0 aliphatic carbocycles. The number of carbonyl (C=O) groups is 2. The fourth-order valence-electron chi connectivity index (χ4n) is 1.39. The fourth-order valence-corrected chi connectivity index (χ4v) is 1.39. The van der Waals surface area contributed by atoms with Crippen molar-refractivity contribution in [3.8, 4) is 0 Å². The molecule has 0 atom stereocenters. The SMILES string of the molecule is CCOC(=O)C=C(C(=O)OCC)c1ccccc1. The molecule has 0 aromatic heterocycles. The van der Waals surface area contributed by atoms with E-state index in [1.807, 2.05) is 6.07 Å². The lowest BCUT2D eigenvalue weighted by Gasteiger charge is -2.07. The van der Waals surface area contributed by atoms with Gasteiger partial charge in [-0.2, -0.15) is 0 Å². The molecule has 0 radical (unpaired) electrons. The van der Waals surface area contributed by atoms with E-state index < -0.39 is 11.9 Å². The van der Waals surface area contributed by atoms with Gasteiger partial charge in [-0.25, -0.2) is 9.59 Å². The summed E-state index contributed by atoms with van der Waals surface area (Å²) >= 11 is 0. The second-order valence-corrected chi connectivity index (χ2v) is 3.40. The van der Waals surface area contributed by atoms with Crippen molar-refractivity contribution in [2.75, 3.05) is 13.2 Å². The van der Waals surface area contributed by atoms with E-state index in [-0.39, 0.29) is 18.8 Å². The molecule has 0 heterocycles. The zero-order chi connectivity index (χ0) is 13.4. The van der Waals surface area contributed by atoms with E-state index in [1.54, 1.807) is 38.1 Å². The Morgan fingerprint density at radius 3 is 2.22 bits per heavy atom. The Kier molecular flexibility index (Phi) is 5.64. The number of esters is 2. The Morgan fingerprint density at radius 1 is 1.06 bits per heavy atom. The third kappa shape index (κ3) is 4.05. The second-order valence-electron chi connectivity index (χ2n) is 3.40. The Hall–Kier alpha value is -2.10. The zero-order valence-electron chi connectivity index (χ0n) is 10.5. The van der Waals surface area contributed by atoms with Crippen LogP contribution in [0.1, 0.15) is 19.4 Å². The molecular weight excluding hydrogens is 232 g/mol. The summed E-state index contributed by atoms with van der Waals surface area (Å²) in [6, 6.07) is 8.88. The Bertz CT molecular complexity index is 434. The topological polar surface area (TPSA) is 52.6 Å². The molecule has 96 valence electrons. The maximum Gasteiger partial charge on any atom is 0.338 e. The third-order valence-electron chi connectivity index (χ3n) is 2.13. The molecule has 0 aliphatic rings. The monoisotopic (exact) mass is 248 g/mol. The van der Waals surface area contributed by atoms with Gasteiger partial charge in [-0.05, 0) is 19.4 Å². The minimum absolute atomic E-state index is 0.205. The average molecular weight is 248 g/mol. The van der Waals surface area contributed by atoms with E-state index in [0.29, 0.717) is 5.56 Å². The standard InChI is InChI=1S/C14H16O4/c1-3-17-13(15)10-12(14(16)18-4-2)11-8-6-5-7-9-11/h5-10H,3-4H2,1-2H3. The molecule has 1 aromatic carbocycles. The molecular formula is C14H16O4. The van der Waals surface area contributed by atoms with Crippen LogP contribution in [0.2, 0.25) is 0 Å². The molecule has 0 N–H and O–H groups in total. The highest BCUT2D eigenvalue weighted by Gasteiger charge is 2.15. The van der Waals surface area contributed by atoms with Crippen molar-refractivity contribution in [1.29, 1.82) is 0 Å². The van der Waals surface area contributed by atoms with Gasteiger partial charge in [0.2, 0.25) is 0 Å². The zero-order valence-corrected chi connectivity index (χ0v) is 10.5. The molecule has 4 heteroatoms. The maximum absolute atomic E-state index is 11.8. The van der Waals surface area contributed by atoms with Crippen LogP contribution in [0.3, 0.4) is 0 Å². The van der Waals surface area contributed by atoms with Gasteiger partial charge < -0.3 is 9.47 Å². The summed E-state index contributed by atoms with van der Waals surface area (Å²) in [5, 5.41) is 0. The molecule has 0 bridgehead atoms. The molecule has 0 aliphatic heterocycles. The highest BCUT2D eigenvalue weighted by molar-refractivity contribution is 6.20. The first-order valence-corrected chi connectivity index (χ1v) is 5.80. The Morgan fingerprint density at radius 2 is 1.67 bits per heavy atom. The Balaban J connectivity index is 3.03. The fraction of sp³-hybridized carbons (Fsp3) is 0.286. The van der Waals surface area contributed by atoms with Crippen LogP contribution in [0.4, 0.5) is 0 Å². The van der Waals surface area contributed by atoms with Gasteiger partial charge in [0.05, 0.1) is 18.8 Å². The summed E-state index contributed by atoms with van der Waals surface area (Å²) in [7, 11) is 0. The average Bonchev–Trinajstić information content (AvgIpc) is 2.37. The van der Waals surface area contributed by atoms with Gasteiger partial charge in [-0.3, -0.25) is 0 Å². The Labute approximate surface area is 106 Å². The number of carbonyl (C=O) groups excluding carboxylic acids is 2. The predicted octanol–water partition coefficient (Wildman–Crippen LogP) is 2.20. The second kappa shape index (κ2) is 7.27. The third-order valence-corrected chi connectivity index (χ3v) is 2.13. The normalized spacial score (nSPS) is 10.9. The quantitative estimate of drug-likeness (QED) is 0.592. The van der Waals surface area contributed by atoms with E-state index in [0.717, 1.165) is 6.08 Å². The van der Waals surface area contributed by atoms with Gasteiger partial charge in [0.1, 0.15) is 0 Å². The van der Waals surface area contributed by atoms with Crippen molar-refractivity contribution < 1.29 is 19.1 Å². The van der Waals surface area contributed by atoms with E-state index in [2.05, 4.69) is 0 Å². The highest BCUT2D eigenvalue weighted by atomic mass is 16.5. The van der Waals surface area contributed by atoms with Crippen molar-refractivity contribution in [1.82, 2.24) is 0 Å².